The fraction of sp³-hybridized carbons (Fsp3) is 0.471. The van der Waals surface area contributed by atoms with E-state index >= 15 is 0 Å². The van der Waals surface area contributed by atoms with Crippen LogP contribution in [0.25, 0.3) is 0 Å². The Balaban J connectivity index is 1.62. The van der Waals surface area contributed by atoms with Gasteiger partial charge >= 0.3 is 0 Å². The number of thioether (sulfide) groups is 1. The normalized spacial score (nSPS) is 16.8. The maximum absolute atomic E-state index is 12.7. The molecule has 0 radical (unpaired) electrons. The van der Waals surface area contributed by atoms with Crippen molar-refractivity contribution < 1.29 is 13.2 Å². The van der Waals surface area contributed by atoms with E-state index in [0.29, 0.717) is 18.8 Å². The zero-order valence-corrected chi connectivity index (χ0v) is 17.7. The van der Waals surface area contributed by atoms with Gasteiger partial charge in [-0.15, -0.1) is 10.2 Å². The van der Waals surface area contributed by atoms with Crippen LogP contribution in [-0.4, -0.2) is 47.2 Å². The summed E-state index contributed by atoms with van der Waals surface area (Å²) in [7, 11) is -3.46. The molecule has 1 atom stereocenters. The van der Waals surface area contributed by atoms with E-state index in [-0.39, 0.29) is 16.1 Å². The molecule has 0 bridgehead atoms. The second-order valence-corrected chi connectivity index (χ2v) is 11.0. The number of carbonyl (C=O) groups is 1. The molecule has 1 fully saturated rings. The number of amides is 1. The maximum atomic E-state index is 12.7. The lowest BCUT2D eigenvalue weighted by molar-refractivity contribution is -0.115. The Morgan fingerprint density at radius 3 is 2.44 bits per heavy atom. The van der Waals surface area contributed by atoms with Crippen molar-refractivity contribution in [3.8, 4) is 0 Å². The number of hydrogen-bond acceptors (Lipinski definition) is 7. The highest BCUT2D eigenvalue weighted by atomic mass is 32.2. The summed E-state index contributed by atoms with van der Waals surface area (Å²) in [6.07, 6.45) is 2.87. The fourth-order valence-electron chi connectivity index (χ4n) is 2.74. The van der Waals surface area contributed by atoms with Crippen molar-refractivity contribution in [2.75, 3.05) is 18.4 Å². The van der Waals surface area contributed by atoms with Crippen LogP contribution in [0, 0.1) is 6.92 Å². The minimum atomic E-state index is -3.46. The zero-order valence-electron chi connectivity index (χ0n) is 15.2. The first-order chi connectivity index (χ1) is 12.9. The molecule has 0 unspecified atom stereocenters. The van der Waals surface area contributed by atoms with Crippen LogP contribution in [0.4, 0.5) is 5.69 Å². The highest BCUT2D eigenvalue weighted by Crippen LogP contribution is 2.27. The Morgan fingerprint density at radius 1 is 1.19 bits per heavy atom. The average molecular weight is 427 g/mol. The lowest BCUT2D eigenvalue weighted by Gasteiger charge is -2.25. The van der Waals surface area contributed by atoms with Gasteiger partial charge in [0.2, 0.25) is 15.9 Å². The molecule has 1 aliphatic heterocycles. The molecular weight excluding hydrogens is 404 g/mol. The van der Waals surface area contributed by atoms with Crippen LogP contribution in [0.15, 0.2) is 33.5 Å². The van der Waals surface area contributed by atoms with Crippen LogP contribution >= 0.6 is 23.1 Å². The first-order valence-electron chi connectivity index (χ1n) is 8.74. The van der Waals surface area contributed by atoms with E-state index in [1.807, 2.05) is 6.92 Å². The number of nitrogens with zero attached hydrogens (tertiary/aromatic N) is 3. The van der Waals surface area contributed by atoms with Gasteiger partial charge in [-0.2, -0.15) is 4.31 Å². The van der Waals surface area contributed by atoms with Gasteiger partial charge in [-0.1, -0.05) is 29.5 Å². The van der Waals surface area contributed by atoms with Gasteiger partial charge in [0.15, 0.2) is 4.34 Å². The summed E-state index contributed by atoms with van der Waals surface area (Å²) < 4.78 is 27.6. The number of carbonyl (C=O) groups excluding carboxylic acids is 1. The molecule has 2 aromatic rings. The van der Waals surface area contributed by atoms with Gasteiger partial charge < -0.3 is 5.32 Å². The molecule has 0 saturated carbocycles. The predicted molar refractivity (Wildman–Crippen MR) is 108 cm³/mol. The van der Waals surface area contributed by atoms with Crippen LogP contribution in [0.2, 0.25) is 0 Å². The zero-order chi connectivity index (χ0) is 19.4. The monoisotopic (exact) mass is 426 g/mol. The summed E-state index contributed by atoms with van der Waals surface area (Å²) in [5.74, 6) is -0.167. The van der Waals surface area contributed by atoms with Crippen molar-refractivity contribution in [1.82, 2.24) is 14.5 Å². The Bertz CT molecular complexity index is 890. The standard InChI is InChI=1S/C17H22N4O3S3/c1-12(25-17-20-19-13(2)26-17)16(22)18-14-6-8-15(9-7-14)27(23,24)21-10-4-3-5-11-21/h6-9,12H,3-5,10-11H2,1-2H3,(H,18,22)/t12-/m1/s1. The summed E-state index contributed by atoms with van der Waals surface area (Å²) in [4.78, 5) is 12.6. The first-order valence-corrected chi connectivity index (χ1v) is 11.9. The van der Waals surface area contributed by atoms with E-state index in [1.54, 1.807) is 31.2 Å². The Morgan fingerprint density at radius 2 is 1.85 bits per heavy atom. The fourth-order valence-corrected chi connectivity index (χ4v) is 6.22. The Kier molecular flexibility index (Phi) is 6.51. The number of anilines is 1. The first kappa shape index (κ1) is 20.2. The molecule has 1 aromatic carbocycles. The lowest BCUT2D eigenvalue weighted by Crippen LogP contribution is -2.35. The molecule has 7 nitrogen and oxygen atoms in total. The molecule has 3 rings (SSSR count). The molecular formula is C17H22N4O3S3. The van der Waals surface area contributed by atoms with E-state index in [9.17, 15) is 13.2 Å². The van der Waals surface area contributed by atoms with Crippen LogP contribution < -0.4 is 5.32 Å². The molecule has 1 saturated heterocycles. The van der Waals surface area contributed by atoms with Crippen molar-refractivity contribution in [2.24, 2.45) is 0 Å². The largest absolute Gasteiger partial charge is 0.325 e. The average Bonchev–Trinajstić information content (AvgIpc) is 3.07. The van der Waals surface area contributed by atoms with E-state index in [2.05, 4.69) is 15.5 Å². The van der Waals surface area contributed by atoms with Crippen molar-refractivity contribution >= 4 is 44.7 Å². The molecule has 1 N–H and O–H groups in total. The summed E-state index contributed by atoms with van der Waals surface area (Å²) in [6, 6.07) is 6.35. The minimum Gasteiger partial charge on any atom is -0.325 e. The Labute approximate surface area is 167 Å². The lowest BCUT2D eigenvalue weighted by atomic mass is 10.2. The second-order valence-electron chi connectivity index (χ2n) is 6.33. The van der Waals surface area contributed by atoms with Crippen LogP contribution in [0.1, 0.15) is 31.2 Å². The van der Waals surface area contributed by atoms with Gasteiger partial charge in [-0.3, -0.25) is 4.79 Å². The number of nitrogens with one attached hydrogen (secondary N) is 1. The maximum Gasteiger partial charge on any atom is 0.243 e. The molecule has 0 spiro atoms. The van der Waals surface area contributed by atoms with E-state index < -0.39 is 10.0 Å². The van der Waals surface area contributed by atoms with Gasteiger partial charge in [0, 0.05) is 18.8 Å². The number of aryl methyl sites for hydroxylation is 1. The van der Waals surface area contributed by atoms with Gasteiger partial charge in [0.1, 0.15) is 5.01 Å². The van der Waals surface area contributed by atoms with Gasteiger partial charge in [-0.05, 0) is 51.0 Å². The summed E-state index contributed by atoms with van der Waals surface area (Å²) >= 11 is 2.80. The van der Waals surface area contributed by atoms with Gasteiger partial charge in [-0.25, -0.2) is 8.42 Å². The van der Waals surface area contributed by atoms with Crippen molar-refractivity contribution in [3.05, 3.63) is 29.3 Å². The van der Waals surface area contributed by atoms with Crippen LogP contribution in [-0.2, 0) is 14.8 Å². The number of rotatable bonds is 6. The predicted octanol–water partition coefficient (Wildman–Crippen LogP) is 3.14. The van der Waals surface area contributed by atoms with Crippen LogP contribution in [0.3, 0.4) is 0 Å². The molecule has 1 aromatic heterocycles. The topological polar surface area (TPSA) is 92.3 Å². The number of piperidine rings is 1. The summed E-state index contributed by atoms with van der Waals surface area (Å²) in [5.41, 5.74) is 0.568. The van der Waals surface area contributed by atoms with E-state index in [1.165, 1.54) is 27.4 Å². The second kappa shape index (κ2) is 8.68. The van der Waals surface area contributed by atoms with Crippen molar-refractivity contribution in [3.63, 3.8) is 0 Å². The van der Waals surface area contributed by atoms with E-state index in [4.69, 9.17) is 0 Å². The molecule has 146 valence electrons. The molecule has 1 aliphatic rings. The number of benzene rings is 1. The minimum absolute atomic E-state index is 0.167. The van der Waals surface area contributed by atoms with Gasteiger partial charge in [0.25, 0.3) is 0 Å². The smallest absolute Gasteiger partial charge is 0.243 e. The molecule has 10 heteroatoms. The van der Waals surface area contributed by atoms with Crippen LogP contribution in [0.5, 0.6) is 0 Å². The van der Waals surface area contributed by atoms with E-state index in [0.717, 1.165) is 28.6 Å². The summed E-state index contributed by atoms with van der Waals surface area (Å²) in [6.45, 7) is 4.80. The molecule has 27 heavy (non-hydrogen) atoms. The Hall–Kier alpha value is -1.49. The molecule has 1 amide bonds. The highest BCUT2D eigenvalue weighted by molar-refractivity contribution is 8.02. The van der Waals surface area contributed by atoms with Crippen molar-refractivity contribution in [1.29, 1.82) is 0 Å². The molecule has 0 aliphatic carbocycles. The number of hydrogen-bond donors (Lipinski definition) is 1. The quantitative estimate of drug-likeness (QED) is 0.714. The third kappa shape index (κ3) is 5.07. The third-order valence-electron chi connectivity index (χ3n) is 4.23. The number of sulfonamides is 1. The molecule has 2 heterocycles. The summed E-state index contributed by atoms with van der Waals surface area (Å²) in [5, 5.41) is 11.3. The SMILES string of the molecule is Cc1nnc(S[C@H](C)C(=O)Nc2ccc(S(=O)(=O)N3CCCCC3)cc2)s1. The van der Waals surface area contributed by atoms with Crippen molar-refractivity contribution in [2.45, 2.75) is 47.6 Å². The third-order valence-corrected chi connectivity index (χ3v) is 8.16. The number of aromatic nitrogens is 2. The van der Waals surface area contributed by atoms with Gasteiger partial charge in [0.05, 0.1) is 10.1 Å². The highest BCUT2D eigenvalue weighted by Gasteiger charge is 2.26.